The summed E-state index contributed by atoms with van der Waals surface area (Å²) in [5, 5.41) is 7.73. The Balaban J connectivity index is 2.82. The fraction of sp³-hybridized carbons (Fsp3) is 0.417. The van der Waals surface area contributed by atoms with Gasteiger partial charge in [0.1, 0.15) is 10.6 Å². The van der Waals surface area contributed by atoms with Crippen molar-refractivity contribution in [2.75, 3.05) is 13.2 Å². The van der Waals surface area contributed by atoms with Gasteiger partial charge in [-0.25, -0.2) is 13.6 Å². The lowest BCUT2D eigenvalue weighted by molar-refractivity contribution is -0.123. The summed E-state index contributed by atoms with van der Waals surface area (Å²) < 4.78 is 28.0. The molecule has 0 fully saturated rings. The van der Waals surface area contributed by atoms with Gasteiger partial charge in [-0.3, -0.25) is 4.79 Å². The maximum absolute atomic E-state index is 11.4. The van der Waals surface area contributed by atoms with Crippen LogP contribution in [0, 0.1) is 6.92 Å². The summed E-state index contributed by atoms with van der Waals surface area (Å²) in [5.74, 6) is -0.220. The number of nitrogens with one attached hydrogen (secondary N) is 1. The molecule has 0 radical (unpaired) electrons. The Hall–Kier alpha value is -1.60. The topological polar surface area (TPSA) is 98.5 Å². The van der Waals surface area contributed by atoms with Crippen molar-refractivity contribution in [2.45, 2.75) is 25.2 Å². The van der Waals surface area contributed by atoms with E-state index in [0.717, 1.165) is 12.0 Å². The third-order valence-electron chi connectivity index (χ3n) is 2.34. The summed E-state index contributed by atoms with van der Waals surface area (Å²) in [6, 6.07) is 4.59. The van der Waals surface area contributed by atoms with Crippen molar-refractivity contribution in [1.82, 2.24) is 5.32 Å². The van der Waals surface area contributed by atoms with Crippen LogP contribution in [-0.2, 0) is 14.8 Å². The van der Waals surface area contributed by atoms with Crippen LogP contribution in [0.1, 0.15) is 18.9 Å². The molecule has 0 atom stereocenters. The first kappa shape index (κ1) is 15.5. The molecule has 0 spiro atoms. The minimum absolute atomic E-state index is 0.0831. The second kappa shape index (κ2) is 6.53. The highest BCUT2D eigenvalue weighted by atomic mass is 32.2. The molecule has 1 aromatic rings. The molecule has 0 aliphatic rings. The van der Waals surface area contributed by atoms with Gasteiger partial charge in [-0.2, -0.15) is 0 Å². The number of rotatable bonds is 6. The SMILES string of the molecule is CCCNC(=O)COc1ccc(C)cc1S(N)(=O)=O. The van der Waals surface area contributed by atoms with Gasteiger partial charge in [-0.15, -0.1) is 0 Å². The van der Waals surface area contributed by atoms with Crippen LogP contribution < -0.4 is 15.2 Å². The van der Waals surface area contributed by atoms with E-state index < -0.39 is 10.0 Å². The fourth-order valence-electron chi connectivity index (χ4n) is 1.42. The van der Waals surface area contributed by atoms with Crippen LogP contribution in [0.15, 0.2) is 23.1 Å². The summed E-state index contributed by atoms with van der Waals surface area (Å²) in [5.41, 5.74) is 0.742. The Morgan fingerprint density at radius 3 is 2.68 bits per heavy atom. The molecule has 0 aliphatic heterocycles. The molecule has 0 saturated carbocycles. The zero-order valence-electron chi connectivity index (χ0n) is 11.0. The van der Waals surface area contributed by atoms with Crippen molar-refractivity contribution in [3.63, 3.8) is 0 Å². The van der Waals surface area contributed by atoms with E-state index in [4.69, 9.17) is 9.88 Å². The van der Waals surface area contributed by atoms with Gasteiger partial charge in [0.25, 0.3) is 5.91 Å². The number of primary sulfonamides is 1. The van der Waals surface area contributed by atoms with Crippen molar-refractivity contribution < 1.29 is 17.9 Å². The maximum Gasteiger partial charge on any atom is 0.257 e. The average Bonchev–Trinajstić information content (AvgIpc) is 2.33. The van der Waals surface area contributed by atoms with Crippen molar-refractivity contribution in [3.05, 3.63) is 23.8 Å². The van der Waals surface area contributed by atoms with E-state index >= 15 is 0 Å². The second-order valence-corrected chi connectivity index (χ2v) is 5.66. The van der Waals surface area contributed by atoms with Crippen LogP contribution in [0.5, 0.6) is 5.75 Å². The largest absolute Gasteiger partial charge is 0.482 e. The number of carbonyl (C=O) groups excluding carboxylic acids is 1. The molecule has 0 bridgehead atoms. The summed E-state index contributed by atoms with van der Waals surface area (Å²) in [6.45, 7) is 3.98. The van der Waals surface area contributed by atoms with Crippen LogP contribution in [0.25, 0.3) is 0 Å². The molecule has 106 valence electrons. The predicted molar refractivity (Wildman–Crippen MR) is 71.3 cm³/mol. The molecular weight excluding hydrogens is 268 g/mol. The van der Waals surface area contributed by atoms with Gasteiger partial charge in [0, 0.05) is 6.54 Å². The standard InChI is InChI=1S/C12H18N2O4S/c1-3-6-14-12(15)8-18-10-5-4-9(2)7-11(10)19(13,16)17/h4-5,7H,3,6,8H2,1-2H3,(H,14,15)(H2,13,16,17). The van der Waals surface area contributed by atoms with Crippen molar-refractivity contribution in [2.24, 2.45) is 5.14 Å². The van der Waals surface area contributed by atoms with Crippen LogP contribution in [0.3, 0.4) is 0 Å². The highest BCUT2D eigenvalue weighted by Gasteiger charge is 2.16. The molecule has 1 rings (SSSR count). The Kier molecular flexibility index (Phi) is 5.31. The number of sulfonamides is 1. The van der Waals surface area contributed by atoms with Crippen LogP contribution in [0.2, 0.25) is 0 Å². The third kappa shape index (κ3) is 4.88. The molecular formula is C12H18N2O4S. The number of amides is 1. The Morgan fingerprint density at radius 2 is 2.11 bits per heavy atom. The Labute approximate surface area is 113 Å². The number of ether oxygens (including phenoxy) is 1. The number of hydrogen-bond acceptors (Lipinski definition) is 4. The smallest absolute Gasteiger partial charge is 0.257 e. The van der Waals surface area contributed by atoms with E-state index in [9.17, 15) is 13.2 Å². The van der Waals surface area contributed by atoms with Gasteiger partial charge in [0.05, 0.1) is 0 Å². The quantitative estimate of drug-likeness (QED) is 0.797. The first-order valence-corrected chi connectivity index (χ1v) is 7.42. The minimum atomic E-state index is -3.88. The Morgan fingerprint density at radius 1 is 1.42 bits per heavy atom. The third-order valence-corrected chi connectivity index (χ3v) is 3.27. The molecule has 6 nitrogen and oxygen atoms in total. The fourth-order valence-corrected chi connectivity index (χ4v) is 2.17. The zero-order chi connectivity index (χ0) is 14.5. The van der Waals surface area contributed by atoms with Crippen LogP contribution in [-0.4, -0.2) is 27.5 Å². The number of carbonyl (C=O) groups is 1. The number of benzene rings is 1. The van der Waals surface area contributed by atoms with Crippen molar-refractivity contribution in [3.8, 4) is 5.75 Å². The van der Waals surface area contributed by atoms with Gasteiger partial charge < -0.3 is 10.1 Å². The van der Waals surface area contributed by atoms with E-state index in [1.165, 1.54) is 12.1 Å². The summed E-state index contributed by atoms with van der Waals surface area (Å²) in [4.78, 5) is 11.3. The lowest BCUT2D eigenvalue weighted by Gasteiger charge is -2.10. The van der Waals surface area contributed by atoms with E-state index in [1.807, 2.05) is 6.92 Å². The average molecular weight is 286 g/mol. The normalized spacial score (nSPS) is 11.1. The molecule has 0 heterocycles. The number of nitrogens with two attached hydrogens (primary N) is 1. The van der Waals surface area contributed by atoms with Gasteiger partial charge >= 0.3 is 0 Å². The monoisotopic (exact) mass is 286 g/mol. The highest BCUT2D eigenvalue weighted by Crippen LogP contribution is 2.23. The van der Waals surface area contributed by atoms with Gasteiger partial charge in [-0.1, -0.05) is 13.0 Å². The number of aryl methyl sites for hydroxylation is 1. The summed E-state index contributed by atoms with van der Waals surface area (Å²) in [6.07, 6.45) is 0.818. The van der Waals surface area contributed by atoms with Crippen LogP contribution >= 0.6 is 0 Å². The van der Waals surface area contributed by atoms with Crippen molar-refractivity contribution >= 4 is 15.9 Å². The molecule has 0 aromatic heterocycles. The molecule has 1 aromatic carbocycles. The van der Waals surface area contributed by atoms with Gasteiger partial charge in [0.15, 0.2) is 6.61 Å². The van der Waals surface area contributed by atoms with E-state index in [2.05, 4.69) is 5.32 Å². The molecule has 0 aliphatic carbocycles. The molecule has 1 amide bonds. The predicted octanol–water partition coefficient (Wildman–Crippen LogP) is 0.547. The van der Waals surface area contributed by atoms with Gasteiger partial charge in [0.2, 0.25) is 10.0 Å². The first-order valence-electron chi connectivity index (χ1n) is 5.87. The molecule has 3 N–H and O–H groups in total. The van der Waals surface area contributed by atoms with E-state index in [0.29, 0.717) is 6.54 Å². The summed E-state index contributed by atoms with van der Waals surface area (Å²) >= 11 is 0. The van der Waals surface area contributed by atoms with E-state index in [1.54, 1.807) is 13.0 Å². The summed E-state index contributed by atoms with van der Waals surface area (Å²) in [7, 11) is -3.88. The van der Waals surface area contributed by atoms with Crippen LogP contribution in [0.4, 0.5) is 0 Å². The molecule has 19 heavy (non-hydrogen) atoms. The molecule has 0 saturated heterocycles. The highest BCUT2D eigenvalue weighted by molar-refractivity contribution is 7.89. The Bertz CT molecular complexity index is 555. The molecule has 7 heteroatoms. The zero-order valence-corrected chi connectivity index (χ0v) is 11.8. The molecule has 0 unspecified atom stereocenters. The second-order valence-electron chi connectivity index (χ2n) is 4.13. The lowest BCUT2D eigenvalue weighted by atomic mass is 10.2. The minimum Gasteiger partial charge on any atom is -0.482 e. The van der Waals surface area contributed by atoms with Crippen molar-refractivity contribution in [1.29, 1.82) is 0 Å². The first-order chi connectivity index (χ1) is 8.84. The van der Waals surface area contributed by atoms with Gasteiger partial charge in [-0.05, 0) is 31.0 Å². The maximum atomic E-state index is 11.4. The lowest BCUT2D eigenvalue weighted by Crippen LogP contribution is -2.29. The van der Waals surface area contributed by atoms with E-state index in [-0.39, 0.29) is 23.2 Å². The number of hydrogen-bond donors (Lipinski definition) is 2.